The maximum Gasteiger partial charge on any atom is 0.176 e. The average molecular weight is 223 g/mol. The SMILES string of the molecule is Cc1ccc(C(=O)C2CCCC2CN)s1. The number of carbonyl (C=O) groups is 1. The first-order chi connectivity index (χ1) is 7.22. The smallest absolute Gasteiger partial charge is 0.176 e. The van der Waals surface area contributed by atoms with Crippen LogP contribution in [0.2, 0.25) is 0 Å². The number of ketones is 1. The molecule has 0 spiro atoms. The Kier molecular flexibility index (Phi) is 3.22. The number of hydrogen-bond acceptors (Lipinski definition) is 3. The second-order valence-corrected chi connectivity index (χ2v) is 5.60. The van der Waals surface area contributed by atoms with Crippen molar-refractivity contribution < 1.29 is 4.79 Å². The molecule has 1 aromatic heterocycles. The van der Waals surface area contributed by atoms with Gasteiger partial charge >= 0.3 is 0 Å². The number of rotatable bonds is 3. The van der Waals surface area contributed by atoms with Gasteiger partial charge in [-0.1, -0.05) is 6.42 Å². The van der Waals surface area contributed by atoms with E-state index in [2.05, 4.69) is 0 Å². The molecule has 2 atom stereocenters. The quantitative estimate of drug-likeness (QED) is 0.800. The standard InChI is InChI=1S/C12H17NOS/c1-8-5-6-11(15-8)12(14)10-4-2-3-9(10)7-13/h5-6,9-10H,2-4,7,13H2,1H3. The zero-order valence-electron chi connectivity index (χ0n) is 9.03. The molecule has 15 heavy (non-hydrogen) atoms. The Morgan fingerprint density at radius 1 is 1.53 bits per heavy atom. The van der Waals surface area contributed by atoms with Gasteiger partial charge in [-0.05, 0) is 44.4 Å². The van der Waals surface area contributed by atoms with E-state index in [1.165, 1.54) is 4.88 Å². The van der Waals surface area contributed by atoms with Gasteiger partial charge in [0, 0.05) is 10.8 Å². The summed E-state index contributed by atoms with van der Waals surface area (Å²) in [5.41, 5.74) is 5.70. The maximum absolute atomic E-state index is 12.2. The predicted octanol–water partition coefficient (Wildman–Crippen LogP) is 2.61. The fraction of sp³-hybridized carbons (Fsp3) is 0.583. The van der Waals surface area contributed by atoms with Crippen LogP contribution < -0.4 is 5.73 Å². The van der Waals surface area contributed by atoms with Gasteiger partial charge in [0.2, 0.25) is 0 Å². The molecule has 2 unspecified atom stereocenters. The lowest BCUT2D eigenvalue weighted by Gasteiger charge is -2.15. The molecule has 0 bridgehead atoms. The zero-order valence-corrected chi connectivity index (χ0v) is 9.85. The van der Waals surface area contributed by atoms with Crippen molar-refractivity contribution in [1.29, 1.82) is 0 Å². The molecule has 0 aliphatic heterocycles. The predicted molar refractivity (Wildman–Crippen MR) is 63.3 cm³/mol. The molecule has 82 valence electrons. The minimum Gasteiger partial charge on any atom is -0.330 e. The highest BCUT2D eigenvalue weighted by Gasteiger charge is 2.32. The molecule has 1 aromatic rings. The number of Topliss-reactive ketones (excluding diaryl/α,β-unsaturated/α-hetero) is 1. The van der Waals surface area contributed by atoms with E-state index in [4.69, 9.17) is 5.73 Å². The molecule has 1 fully saturated rings. The highest BCUT2D eigenvalue weighted by atomic mass is 32.1. The molecule has 1 saturated carbocycles. The van der Waals surface area contributed by atoms with Crippen LogP contribution >= 0.6 is 11.3 Å². The monoisotopic (exact) mass is 223 g/mol. The number of nitrogens with two attached hydrogens (primary N) is 1. The molecule has 0 saturated heterocycles. The number of aryl methyl sites for hydroxylation is 1. The van der Waals surface area contributed by atoms with Crippen molar-refractivity contribution in [3.8, 4) is 0 Å². The van der Waals surface area contributed by atoms with Gasteiger partial charge in [0.25, 0.3) is 0 Å². The van der Waals surface area contributed by atoms with Gasteiger partial charge < -0.3 is 5.73 Å². The molecule has 2 N–H and O–H groups in total. The number of thiophene rings is 1. The summed E-state index contributed by atoms with van der Waals surface area (Å²) in [6.07, 6.45) is 3.30. The Balaban J connectivity index is 2.13. The van der Waals surface area contributed by atoms with E-state index in [1.807, 2.05) is 19.1 Å². The van der Waals surface area contributed by atoms with Gasteiger partial charge in [0.1, 0.15) is 0 Å². The van der Waals surface area contributed by atoms with Crippen LogP contribution in [-0.4, -0.2) is 12.3 Å². The fourth-order valence-corrected chi connectivity index (χ4v) is 3.28. The van der Waals surface area contributed by atoms with Crippen molar-refractivity contribution in [3.05, 3.63) is 21.9 Å². The summed E-state index contributed by atoms with van der Waals surface area (Å²) in [6, 6.07) is 3.97. The first-order valence-corrected chi connectivity index (χ1v) is 6.34. The third-order valence-corrected chi connectivity index (χ3v) is 4.30. The summed E-state index contributed by atoms with van der Waals surface area (Å²) >= 11 is 1.60. The van der Waals surface area contributed by atoms with Gasteiger partial charge in [-0.25, -0.2) is 0 Å². The number of hydrogen-bond donors (Lipinski definition) is 1. The molecule has 1 aliphatic carbocycles. The van der Waals surface area contributed by atoms with Crippen molar-refractivity contribution in [2.75, 3.05) is 6.54 Å². The fourth-order valence-electron chi connectivity index (χ4n) is 2.41. The summed E-state index contributed by atoms with van der Waals surface area (Å²) in [5, 5.41) is 0. The summed E-state index contributed by atoms with van der Waals surface area (Å²) in [6.45, 7) is 2.69. The third kappa shape index (κ3) is 2.13. The van der Waals surface area contributed by atoms with E-state index in [-0.39, 0.29) is 5.92 Å². The summed E-state index contributed by atoms with van der Waals surface area (Å²) in [7, 11) is 0. The normalized spacial score (nSPS) is 25.7. The zero-order chi connectivity index (χ0) is 10.8. The van der Waals surface area contributed by atoms with E-state index in [0.717, 1.165) is 24.1 Å². The molecular formula is C12H17NOS. The Morgan fingerprint density at radius 2 is 2.33 bits per heavy atom. The van der Waals surface area contributed by atoms with Gasteiger partial charge in [-0.3, -0.25) is 4.79 Å². The lowest BCUT2D eigenvalue weighted by molar-refractivity contribution is 0.0898. The minimum atomic E-state index is 0.188. The molecule has 2 nitrogen and oxygen atoms in total. The molecule has 3 heteroatoms. The van der Waals surface area contributed by atoms with Crippen LogP contribution in [0.15, 0.2) is 12.1 Å². The van der Waals surface area contributed by atoms with Crippen LogP contribution in [0, 0.1) is 18.8 Å². The van der Waals surface area contributed by atoms with Crippen molar-refractivity contribution in [1.82, 2.24) is 0 Å². The first kappa shape index (κ1) is 10.8. The van der Waals surface area contributed by atoms with E-state index >= 15 is 0 Å². The van der Waals surface area contributed by atoms with Gasteiger partial charge in [0.15, 0.2) is 5.78 Å². The molecule has 0 aromatic carbocycles. The highest BCUT2D eigenvalue weighted by molar-refractivity contribution is 7.14. The van der Waals surface area contributed by atoms with Crippen LogP contribution in [0.1, 0.15) is 33.8 Å². The topological polar surface area (TPSA) is 43.1 Å². The first-order valence-electron chi connectivity index (χ1n) is 5.53. The lowest BCUT2D eigenvalue weighted by atomic mass is 9.91. The minimum absolute atomic E-state index is 0.188. The lowest BCUT2D eigenvalue weighted by Crippen LogP contribution is -2.24. The van der Waals surface area contributed by atoms with E-state index in [0.29, 0.717) is 18.2 Å². The van der Waals surface area contributed by atoms with Crippen LogP contribution in [0.4, 0.5) is 0 Å². The molecule has 1 aliphatic rings. The molecule has 1 heterocycles. The molecule has 2 rings (SSSR count). The Labute approximate surface area is 94.5 Å². The van der Waals surface area contributed by atoms with Crippen LogP contribution in [0.25, 0.3) is 0 Å². The van der Waals surface area contributed by atoms with Crippen molar-refractivity contribution in [2.24, 2.45) is 17.6 Å². The summed E-state index contributed by atoms with van der Waals surface area (Å²) < 4.78 is 0. The molecular weight excluding hydrogens is 206 g/mol. The van der Waals surface area contributed by atoms with Gasteiger partial charge in [-0.2, -0.15) is 0 Å². The second kappa shape index (κ2) is 4.45. The average Bonchev–Trinajstić information content (AvgIpc) is 2.84. The molecule has 0 radical (unpaired) electrons. The second-order valence-electron chi connectivity index (χ2n) is 4.31. The van der Waals surface area contributed by atoms with Crippen molar-refractivity contribution >= 4 is 17.1 Å². The van der Waals surface area contributed by atoms with Crippen molar-refractivity contribution in [3.63, 3.8) is 0 Å². The Morgan fingerprint density at radius 3 is 2.93 bits per heavy atom. The van der Waals surface area contributed by atoms with Gasteiger partial charge in [0.05, 0.1) is 4.88 Å². The van der Waals surface area contributed by atoms with E-state index < -0.39 is 0 Å². The van der Waals surface area contributed by atoms with E-state index in [1.54, 1.807) is 11.3 Å². The summed E-state index contributed by atoms with van der Waals surface area (Å²) in [4.78, 5) is 14.3. The van der Waals surface area contributed by atoms with Gasteiger partial charge in [-0.15, -0.1) is 11.3 Å². The Hall–Kier alpha value is -0.670. The maximum atomic E-state index is 12.2. The third-order valence-electron chi connectivity index (χ3n) is 3.28. The van der Waals surface area contributed by atoms with Crippen molar-refractivity contribution in [2.45, 2.75) is 26.2 Å². The van der Waals surface area contributed by atoms with Crippen LogP contribution in [-0.2, 0) is 0 Å². The van der Waals surface area contributed by atoms with Crippen LogP contribution in [0.3, 0.4) is 0 Å². The molecule has 0 amide bonds. The Bertz CT molecular complexity index is 358. The summed E-state index contributed by atoms with van der Waals surface area (Å²) in [5.74, 6) is 0.925. The highest BCUT2D eigenvalue weighted by Crippen LogP contribution is 2.34. The van der Waals surface area contributed by atoms with Crippen LogP contribution in [0.5, 0.6) is 0 Å². The van der Waals surface area contributed by atoms with E-state index in [9.17, 15) is 4.79 Å². The number of carbonyl (C=O) groups excluding carboxylic acids is 1. The largest absolute Gasteiger partial charge is 0.330 e.